The molecule has 5 nitrogen and oxygen atoms in total. The quantitative estimate of drug-likeness (QED) is 0.706. The van der Waals surface area contributed by atoms with Crippen LogP contribution in [-0.4, -0.2) is 30.3 Å². The van der Waals surface area contributed by atoms with Gasteiger partial charge in [-0.05, 0) is 11.8 Å². The molecule has 0 radical (unpaired) electrons. The predicted octanol–water partition coefficient (Wildman–Crippen LogP) is 1.48. The van der Waals surface area contributed by atoms with E-state index in [2.05, 4.69) is 5.32 Å². The number of nitrogens with one attached hydrogen (secondary N) is 1. The molecule has 1 atom stereocenters. The SMILES string of the molecule is CC(C)COC(=O)NCC(C)CC(=O)O. The maximum atomic E-state index is 11.1. The molecule has 88 valence electrons. The van der Waals surface area contributed by atoms with Crippen molar-refractivity contribution in [1.29, 1.82) is 0 Å². The minimum Gasteiger partial charge on any atom is -0.481 e. The number of hydrogen-bond acceptors (Lipinski definition) is 3. The van der Waals surface area contributed by atoms with Gasteiger partial charge in [0, 0.05) is 13.0 Å². The molecule has 0 aromatic carbocycles. The molecule has 0 heterocycles. The average Bonchev–Trinajstić information content (AvgIpc) is 2.10. The number of amides is 1. The first-order chi connectivity index (χ1) is 6.91. The molecular formula is C10H19NO4. The normalized spacial score (nSPS) is 12.3. The monoisotopic (exact) mass is 217 g/mol. The van der Waals surface area contributed by atoms with Crippen molar-refractivity contribution in [2.24, 2.45) is 11.8 Å². The first-order valence-corrected chi connectivity index (χ1v) is 5.04. The topological polar surface area (TPSA) is 75.6 Å². The van der Waals surface area contributed by atoms with Crippen molar-refractivity contribution in [3.05, 3.63) is 0 Å². The van der Waals surface area contributed by atoms with E-state index in [1.165, 1.54) is 0 Å². The molecule has 0 bridgehead atoms. The molecular weight excluding hydrogens is 198 g/mol. The molecule has 1 amide bonds. The molecule has 0 saturated carbocycles. The standard InChI is InChI=1S/C10H19NO4/c1-7(2)6-15-10(14)11-5-8(3)4-9(12)13/h7-8H,4-6H2,1-3H3,(H,11,14)(H,12,13). The summed E-state index contributed by atoms with van der Waals surface area (Å²) in [5.41, 5.74) is 0. The highest BCUT2D eigenvalue weighted by atomic mass is 16.5. The van der Waals surface area contributed by atoms with Crippen molar-refractivity contribution in [2.45, 2.75) is 27.2 Å². The van der Waals surface area contributed by atoms with Crippen LogP contribution in [0.15, 0.2) is 0 Å². The Morgan fingerprint density at radius 3 is 2.40 bits per heavy atom. The zero-order valence-electron chi connectivity index (χ0n) is 9.45. The summed E-state index contributed by atoms with van der Waals surface area (Å²) in [5.74, 6) is -0.652. The van der Waals surface area contributed by atoms with Gasteiger partial charge in [0.1, 0.15) is 0 Å². The van der Waals surface area contributed by atoms with Crippen LogP contribution in [0.5, 0.6) is 0 Å². The van der Waals surface area contributed by atoms with Crippen molar-refractivity contribution in [3.8, 4) is 0 Å². The van der Waals surface area contributed by atoms with Crippen LogP contribution in [0.1, 0.15) is 27.2 Å². The number of carboxylic acid groups (broad SMARTS) is 1. The van der Waals surface area contributed by atoms with Gasteiger partial charge < -0.3 is 15.2 Å². The van der Waals surface area contributed by atoms with Gasteiger partial charge in [-0.1, -0.05) is 20.8 Å². The lowest BCUT2D eigenvalue weighted by Gasteiger charge is -2.11. The molecule has 0 rings (SSSR count). The lowest BCUT2D eigenvalue weighted by molar-refractivity contribution is -0.137. The highest BCUT2D eigenvalue weighted by molar-refractivity contribution is 5.68. The summed E-state index contributed by atoms with van der Waals surface area (Å²) in [5, 5.41) is 11.0. The maximum Gasteiger partial charge on any atom is 0.407 e. The molecule has 0 fully saturated rings. The lowest BCUT2D eigenvalue weighted by atomic mass is 10.1. The third-order valence-corrected chi connectivity index (χ3v) is 1.67. The molecule has 15 heavy (non-hydrogen) atoms. The average molecular weight is 217 g/mol. The van der Waals surface area contributed by atoms with Crippen molar-refractivity contribution in [3.63, 3.8) is 0 Å². The highest BCUT2D eigenvalue weighted by Crippen LogP contribution is 1.99. The fraction of sp³-hybridized carbons (Fsp3) is 0.800. The summed E-state index contributed by atoms with van der Waals surface area (Å²) in [6, 6.07) is 0. The van der Waals surface area contributed by atoms with E-state index in [-0.39, 0.29) is 12.3 Å². The Morgan fingerprint density at radius 1 is 1.33 bits per heavy atom. The molecule has 5 heteroatoms. The summed E-state index contributed by atoms with van der Waals surface area (Å²) in [6.07, 6.45) is -0.439. The van der Waals surface area contributed by atoms with E-state index in [1.807, 2.05) is 13.8 Å². The Morgan fingerprint density at radius 2 is 1.93 bits per heavy atom. The number of alkyl carbamates (subject to hydrolysis) is 1. The second kappa shape index (κ2) is 7.09. The Balaban J connectivity index is 3.57. The van der Waals surface area contributed by atoms with E-state index in [9.17, 15) is 9.59 Å². The van der Waals surface area contributed by atoms with E-state index in [0.717, 1.165) is 0 Å². The Bertz CT molecular complexity index is 215. The smallest absolute Gasteiger partial charge is 0.407 e. The van der Waals surface area contributed by atoms with Crippen LogP contribution >= 0.6 is 0 Å². The van der Waals surface area contributed by atoms with Gasteiger partial charge in [0.25, 0.3) is 0 Å². The molecule has 2 N–H and O–H groups in total. The zero-order valence-corrected chi connectivity index (χ0v) is 9.45. The van der Waals surface area contributed by atoms with Gasteiger partial charge in [-0.25, -0.2) is 4.79 Å². The summed E-state index contributed by atoms with van der Waals surface area (Å²) in [7, 11) is 0. The van der Waals surface area contributed by atoms with Crippen LogP contribution < -0.4 is 5.32 Å². The number of rotatable bonds is 6. The minimum atomic E-state index is -0.861. The number of aliphatic carboxylic acids is 1. The third-order valence-electron chi connectivity index (χ3n) is 1.67. The number of carbonyl (C=O) groups is 2. The van der Waals surface area contributed by atoms with Crippen LogP contribution in [0, 0.1) is 11.8 Å². The third kappa shape index (κ3) is 9.05. The van der Waals surface area contributed by atoms with Gasteiger partial charge in [0.15, 0.2) is 0 Å². The van der Waals surface area contributed by atoms with Crippen LogP contribution in [-0.2, 0) is 9.53 Å². The largest absolute Gasteiger partial charge is 0.481 e. The van der Waals surface area contributed by atoms with E-state index in [0.29, 0.717) is 19.1 Å². The van der Waals surface area contributed by atoms with E-state index < -0.39 is 12.1 Å². The summed E-state index contributed by atoms with van der Waals surface area (Å²) in [6.45, 7) is 6.35. The van der Waals surface area contributed by atoms with Crippen LogP contribution in [0.4, 0.5) is 4.79 Å². The number of carbonyl (C=O) groups excluding carboxylic acids is 1. The highest BCUT2D eigenvalue weighted by Gasteiger charge is 2.09. The number of carboxylic acids is 1. The molecule has 0 aliphatic carbocycles. The molecule has 0 aromatic heterocycles. The first-order valence-electron chi connectivity index (χ1n) is 5.04. The van der Waals surface area contributed by atoms with Crippen molar-refractivity contribution in [2.75, 3.05) is 13.2 Å². The fourth-order valence-electron chi connectivity index (χ4n) is 0.921. The predicted molar refractivity (Wildman–Crippen MR) is 55.6 cm³/mol. The molecule has 0 aliphatic heterocycles. The van der Waals surface area contributed by atoms with Gasteiger partial charge in [0.05, 0.1) is 6.61 Å². The molecule has 0 spiro atoms. The molecule has 1 unspecified atom stereocenters. The van der Waals surface area contributed by atoms with Crippen LogP contribution in [0.3, 0.4) is 0 Å². The Kier molecular flexibility index (Phi) is 6.49. The Hall–Kier alpha value is -1.26. The van der Waals surface area contributed by atoms with Crippen molar-refractivity contribution in [1.82, 2.24) is 5.32 Å². The van der Waals surface area contributed by atoms with Crippen molar-refractivity contribution < 1.29 is 19.4 Å². The molecule has 0 aromatic rings. The summed E-state index contributed by atoms with van der Waals surface area (Å²) >= 11 is 0. The fourth-order valence-corrected chi connectivity index (χ4v) is 0.921. The first kappa shape index (κ1) is 13.7. The second-order valence-corrected chi connectivity index (χ2v) is 4.08. The number of ether oxygens (including phenoxy) is 1. The van der Waals surface area contributed by atoms with Crippen LogP contribution in [0.2, 0.25) is 0 Å². The van der Waals surface area contributed by atoms with Gasteiger partial charge >= 0.3 is 12.1 Å². The zero-order chi connectivity index (χ0) is 11.8. The summed E-state index contributed by atoms with van der Waals surface area (Å²) in [4.78, 5) is 21.4. The second-order valence-electron chi connectivity index (χ2n) is 4.08. The number of hydrogen-bond donors (Lipinski definition) is 2. The maximum absolute atomic E-state index is 11.1. The van der Waals surface area contributed by atoms with Gasteiger partial charge in [-0.3, -0.25) is 4.79 Å². The molecule has 0 saturated heterocycles. The van der Waals surface area contributed by atoms with Gasteiger partial charge in [-0.2, -0.15) is 0 Å². The Labute approximate surface area is 89.8 Å². The van der Waals surface area contributed by atoms with E-state index in [4.69, 9.17) is 9.84 Å². The van der Waals surface area contributed by atoms with E-state index >= 15 is 0 Å². The van der Waals surface area contributed by atoms with Gasteiger partial charge in [-0.15, -0.1) is 0 Å². The summed E-state index contributed by atoms with van der Waals surface area (Å²) < 4.78 is 4.86. The lowest BCUT2D eigenvalue weighted by Crippen LogP contribution is -2.30. The van der Waals surface area contributed by atoms with Crippen molar-refractivity contribution >= 4 is 12.1 Å². The molecule has 0 aliphatic rings. The van der Waals surface area contributed by atoms with Crippen LogP contribution in [0.25, 0.3) is 0 Å². The van der Waals surface area contributed by atoms with E-state index in [1.54, 1.807) is 6.92 Å². The van der Waals surface area contributed by atoms with Gasteiger partial charge in [0.2, 0.25) is 0 Å². The minimum absolute atomic E-state index is 0.0461.